The summed E-state index contributed by atoms with van der Waals surface area (Å²) in [7, 11) is 0. The first kappa shape index (κ1) is 16.6. The molecule has 1 aromatic heterocycles. The Hall–Kier alpha value is -3.86. The summed E-state index contributed by atoms with van der Waals surface area (Å²) in [4.78, 5) is 8.50. The minimum Gasteiger partial charge on any atom is -0.457 e. The van der Waals surface area contributed by atoms with E-state index in [1.165, 1.54) is 0 Å². The summed E-state index contributed by atoms with van der Waals surface area (Å²) in [6.07, 6.45) is 1.66. The minimum atomic E-state index is 0.214. The van der Waals surface area contributed by atoms with E-state index in [-0.39, 0.29) is 6.01 Å². The van der Waals surface area contributed by atoms with Crippen molar-refractivity contribution in [2.24, 2.45) is 0 Å². The van der Waals surface area contributed by atoms with Gasteiger partial charge in [0.25, 0.3) is 0 Å². The zero-order chi connectivity index (χ0) is 18.5. The highest BCUT2D eigenvalue weighted by Crippen LogP contribution is 2.29. The van der Waals surface area contributed by atoms with Gasteiger partial charge >= 0.3 is 6.01 Å². The normalized spacial score (nSPS) is 10.4. The van der Waals surface area contributed by atoms with E-state index in [1.807, 2.05) is 84.9 Å². The van der Waals surface area contributed by atoms with Crippen LogP contribution in [-0.4, -0.2) is 9.97 Å². The summed E-state index contributed by atoms with van der Waals surface area (Å²) < 4.78 is 11.4. The molecule has 0 atom stereocenters. The highest BCUT2D eigenvalue weighted by Gasteiger charge is 2.09. The largest absolute Gasteiger partial charge is 0.457 e. The Morgan fingerprint density at radius 1 is 0.630 bits per heavy atom. The van der Waals surface area contributed by atoms with Crippen LogP contribution in [0.15, 0.2) is 91.1 Å². The van der Waals surface area contributed by atoms with E-state index in [9.17, 15) is 0 Å². The van der Waals surface area contributed by atoms with Crippen LogP contribution in [0.2, 0.25) is 0 Å². The Kier molecular flexibility index (Phi) is 4.66. The van der Waals surface area contributed by atoms with E-state index in [4.69, 9.17) is 15.2 Å². The number of benzene rings is 3. The van der Waals surface area contributed by atoms with Crippen LogP contribution in [0.1, 0.15) is 0 Å². The Morgan fingerprint density at radius 2 is 1.19 bits per heavy atom. The molecule has 0 aliphatic rings. The zero-order valence-corrected chi connectivity index (χ0v) is 14.4. The Morgan fingerprint density at radius 3 is 1.78 bits per heavy atom. The molecule has 0 saturated carbocycles. The molecule has 27 heavy (non-hydrogen) atoms. The topological polar surface area (TPSA) is 70.3 Å². The number of nitrogens with two attached hydrogens (primary N) is 1. The molecule has 2 N–H and O–H groups in total. The molecule has 0 bridgehead atoms. The molecule has 0 spiro atoms. The Labute approximate surface area is 157 Å². The first-order valence-corrected chi connectivity index (χ1v) is 8.47. The second-order valence-corrected chi connectivity index (χ2v) is 5.81. The van der Waals surface area contributed by atoms with Crippen molar-refractivity contribution in [2.75, 3.05) is 5.73 Å². The molecular formula is C22H17N3O2. The fourth-order valence-electron chi connectivity index (χ4n) is 2.57. The van der Waals surface area contributed by atoms with Crippen molar-refractivity contribution in [1.82, 2.24) is 9.97 Å². The molecule has 0 aliphatic carbocycles. The van der Waals surface area contributed by atoms with E-state index in [2.05, 4.69) is 9.97 Å². The molecule has 0 aliphatic heterocycles. The molecule has 0 fully saturated rings. The molecular weight excluding hydrogens is 338 g/mol. The average Bonchev–Trinajstić information content (AvgIpc) is 2.71. The van der Waals surface area contributed by atoms with E-state index in [1.54, 1.807) is 6.20 Å². The van der Waals surface area contributed by atoms with Crippen molar-refractivity contribution < 1.29 is 9.47 Å². The molecule has 0 saturated heterocycles. The van der Waals surface area contributed by atoms with E-state index in [0.29, 0.717) is 11.6 Å². The third-order valence-electron chi connectivity index (χ3n) is 3.89. The van der Waals surface area contributed by atoms with Crippen LogP contribution < -0.4 is 15.2 Å². The van der Waals surface area contributed by atoms with Gasteiger partial charge in [0.15, 0.2) is 0 Å². The maximum absolute atomic E-state index is 6.11. The third-order valence-corrected chi connectivity index (χ3v) is 3.89. The molecule has 0 unspecified atom stereocenters. The van der Waals surface area contributed by atoms with Crippen LogP contribution >= 0.6 is 0 Å². The van der Waals surface area contributed by atoms with E-state index < -0.39 is 0 Å². The van der Waals surface area contributed by atoms with Gasteiger partial charge in [0.1, 0.15) is 23.1 Å². The monoisotopic (exact) mass is 355 g/mol. The first-order valence-electron chi connectivity index (χ1n) is 8.47. The van der Waals surface area contributed by atoms with Gasteiger partial charge in [-0.2, -0.15) is 4.98 Å². The van der Waals surface area contributed by atoms with Crippen molar-refractivity contribution in [2.45, 2.75) is 0 Å². The van der Waals surface area contributed by atoms with Crippen molar-refractivity contribution in [3.63, 3.8) is 0 Å². The van der Waals surface area contributed by atoms with Crippen LogP contribution in [0.5, 0.6) is 23.3 Å². The van der Waals surface area contributed by atoms with Gasteiger partial charge in [-0.3, -0.25) is 0 Å². The van der Waals surface area contributed by atoms with Crippen LogP contribution in [0.3, 0.4) is 0 Å². The average molecular weight is 355 g/mol. The fourth-order valence-corrected chi connectivity index (χ4v) is 2.57. The van der Waals surface area contributed by atoms with Crippen molar-refractivity contribution in [1.29, 1.82) is 0 Å². The smallest absolute Gasteiger partial charge is 0.323 e. The van der Waals surface area contributed by atoms with Crippen molar-refractivity contribution >= 4 is 5.82 Å². The number of para-hydroxylation sites is 2. The highest BCUT2D eigenvalue weighted by molar-refractivity contribution is 5.73. The Balaban J connectivity index is 1.51. The fraction of sp³-hybridized carbons (Fsp3) is 0. The second kappa shape index (κ2) is 7.58. The number of hydrogen-bond acceptors (Lipinski definition) is 5. The van der Waals surface area contributed by atoms with Crippen molar-refractivity contribution in [3.8, 4) is 34.4 Å². The number of ether oxygens (including phenoxy) is 2. The standard InChI is InChI=1S/C22H17N3O2/c23-21-20(15-24-22(25-21)27-18-9-5-2-6-10-18)16-11-13-19(14-12-16)26-17-7-3-1-4-8-17/h1-15H,(H2,23,24,25). The van der Waals surface area contributed by atoms with Crippen LogP contribution in [0.25, 0.3) is 11.1 Å². The van der Waals surface area contributed by atoms with Gasteiger partial charge in [0.2, 0.25) is 0 Å². The maximum Gasteiger partial charge on any atom is 0.323 e. The van der Waals surface area contributed by atoms with Gasteiger partial charge in [-0.25, -0.2) is 4.98 Å². The SMILES string of the molecule is Nc1nc(Oc2ccccc2)ncc1-c1ccc(Oc2ccccc2)cc1. The quantitative estimate of drug-likeness (QED) is 0.525. The summed E-state index contributed by atoms with van der Waals surface area (Å²) in [6, 6.07) is 26.8. The summed E-state index contributed by atoms with van der Waals surface area (Å²) in [6.45, 7) is 0. The van der Waals surface area contributed by atoms with Gasteiger partial charge in [-0.05, 0) is 42.0 Å². The number of rotatable bonds is 5. The molecule has 0 radical (unpaired) electrons. The molecule has 0 amide bonds. The lowest BCUT2D eigenvalue weighted by Gasteiger charge is -2.09. The van der Waals surface area contributed by atoms with Gasteiger partial charge in [0, 0.05) is 11.8 Å². The lowest BCUT2D eigenvalue weighted by atomic mass is 10.1. The predicted octanol–water partition coefficient (Wildman–Crippen LogP) is 5.31. The minimum absolute atomic E-state index is 0.214. The second-order valence-electron chi connectivity index (χ2n) is 5.81. The lowest BCUT2D eigenvalue weighted by molar-refractivity contribution is 0.443. The molecule has 3 aromatic carbocycles. The highest BCUT2D eigenvalue weighted by atomic mass is 16.5. The lowest BCUT2D eigenvalue weighted by Crippen LogP contribution is -1.99. The molecule has 132 valence electrons. The third kappa shape index (κ3) is 4.04. The predicted molar refractivity (Wildman–Crippen MR) is 105 cm³/mol. The zero-order valence-electron chi connectivity index (χ0n) is 14.4. The maximum atomic E-state index is 6.11. The molecule has 5 heteroatoms. The number of aromatic nitrogens is 2. The molecule has 4 rings (SSSR count). The van der Waals surface area contributed by atoms with Crippen LogP contribution in [0.4, 0.5) is 5.82 Å². The number of anilines is 1. The number of nitrogens with zero attached hydrogens (tertiary/aromatic N) is 2. The van der Waals surface area contributed by atoms with Crippen molar-refractivity contribution in [3.05, 3.63) is 91.1 Å². The summed E-state index contributed by atoms with van der Waals surface area (Å²) in [5, 5.41) is 0. The van der Waals surface area contributed by atoms with Gasteiger partial charge in [0.05, 0.1) is 0 Å². The number of nitrogen functional groups attached to an aromatic ring is 1. The van der Waals surface area contributed by atoms with Gasteiger partial charge < -0.3 is 15.2 Å². The molecule has 1 heterocycles. The number of hydrogen-bond donors (Lipinski definition) is 1. The van der Waals surface area contributed by atoms with Gasteiger partial charge in [-0.15, -0.1) is 0 Å². The summed E-state index contributed by atoms with van der Waals surface area (Å²) in [5.41, 5.74) is 7.75. The first-order chi connectivity index (χ1) is 13.3. The van der Waals surface area contributed by atoms with E-state index >= 15 is 0 Å². The van der Waals surface area contributed by atoms with Crippen LogP contribution in [-0.2, 0) is 0 Å². The van der Waals surface area contributed by atoms with E-state index in [0.717, 1.165) is 22.6 Å². The van der Waals surface area contributed by atoms with Crippen LogP contribution in [0, 0.1) is 0 Å². The Bertz CT molecular complexity index is 1020. The van der Waals surface area contributed by atoms with Gasteiger partial charge in [-0.1, -0.05) is 48.5 Å². The molecule has 4 aromatic rings. The molecule has 5 nitrogen and oxygen atoms in total. The summed E-state index contributed by atoms with van der Waals surface area (Å²) >= 11 is 0. The summed E-state index contributed by atoms with van der Waals surface area (Å²) in [5.74, 6) is 2.55.